The predicted octanol–water partition coefficient (Wildman–Crippen LogP) is 5.44. The Kier molecular flexibility index (Phi) is 5.54. The summed E-state index contributed by atoms with van der Waals surface area (Å²) < 4.78 is 32.9. The van der Waals surface area contributed by atoms with E-state index in [1.165, 1.54) is 12.1 Å². The average Bonchev–Trinajstić information content (AvgIpc) is 2.66. The maximum atomic E-state index is 13.6. The zero-order valence-corrected chi connectivity index (χ0v) is 13.9. The molecule has 3 aromatic rings. The smallest absolute Gasteiger partial charge is 0.191 e. The van der Waals surface area contributed by atoms with Gasteiger partial charge in [-0.25, -0.2) is 8.78 Å². The lowest BCUT2D eigenvalue weighted by Gasteiger charge is -2.06. The van der Waals surface area contributed by atoms with E-state index in [0.29, 0.717) is 12.4 Å². The largest absolute Gasteiger partial charge is 0.489 e. The Labute approximate surface area is 150 Å². The highest BCUT2D eigenvalue weighted by Gasteiger charge is 2.14. The number of ether oxygens (including phenoxy) is 1. The minimum absolute atomic E-state index is 0.459. The molecule has 2 nitrogen and oxygen atoms in total. The van der Waals surface area contributed by atoms with E-state index in [-0.39, 0.29) is 0 Å². The Morgan fingerprint density at radius 3 is 2.15 bits per heavy atom. The molecule has 0 atom stereocenters. The highest BCUT2D eigenvalue weighted by atomic mass is 19.1. The van der Waals surface area contributed by atoms with Gasteiger partial charge in [-0.05, 0) is 41.5 Å². The fourth-order valence-corrected chi connectivity index (χ4v) is 2.40. The van der Waals surface area contributed by atoms with Gasteiger partial charge in [0.1, 0.15) is 24.0 Å². The molecular weight excluding hydrogens is 334 g/mol. The Morgan fingerprint density at radius 1 is 0.846 bits per heavy atom. The third kappa shape index (κ3) is 4.42. The van der Waals surface area contributed by atoms with Crippen LogP contribution >= 0.6 is 0 Å². The normalized spacial score (nSPS) is 10.8. The first-order chi connectivity index (χ1) is 12.6. The van der Waals surface area contributed by atoms with Crippen LogP contribution in [0.15, 0.2) is 78.9 Å². The molecule has 3 rings (SSSR count). The maximum absolute atomic E-state index is 13.6. The van der Waals surface area contributed by atoms with E-state index in [1.807, 2.05) is 30.3 Å². The zero-order valence-electron chi connectivity index (χ0n) is 13.9. The van der Waals surface area contributed by atoms with Gasteiger partial charge in [0.05, 0.1) is 5.56 Å². The van der Waals surface area contributed by atoms with Crippen LogP contribution in [0.2, 0.25) is 0 Å². The minimum Gasteiger partial charge on any atom is -0.489 e. The molecule has 0 amide bonds. The van der Waals surface area contributed by atoms with Crippen LogP contribution in [-0.2, 0) is 6.61 Å². The van der Waals surface area contributed by atoms with Crippen LogP contribution in [0.5, 0.6) is 5.75 Å². The monoisotopic (exact) mass is 350 g/mol. The van der Waals surface area contributed by atoms with E-state index < -0.39 is 23.0 Å². The quantitative estimate of drug-likeness (QED) is 0.437. The maximum Gasteiger partial charge on any atom is 0.191 e. The molecule has 0 unspecified atom stereocenters. The van der Waals surface area contributed by atoms with Crippen molar-refractivity contribution in [2.24, 2.45) is 0 Å². The lowest BCUT2D eigenvalue weighted by atomic mass is 10.1. The third-order valence-corrected chi connectivity index (χ3v) is 3.76. The molecule has 0 aliphatic rings. The summed E-state index contributed by atoms with van der Waals surface area (Å²) in [6.07, 6.45) is 2.66. The molecule has 0 fully saturated rings. The second-order valence-electron chi connectivity index (χ2n) is 5.64. The molecule has 0 aliphatic heterocycles. The number of carbonyl (C=O) groups is 1. The molecule has 130 valence electrons. The van der Waals surface area contributed by atoms with Crippen molar-refractivity contribution in [1.29, 1.82) is 0 Å². The molecule has 0 radical (unpaired) electrons. The van der Waals surface area contributed by atoms with Crippen molar-refractivity contribution in [2.45, 2.75) is 6.61 Å². The average molecular weight is 350 g/mol. The van der Waals surface area contributed by atoms with Crippen molar-refractivity contribution in [1.82, 2.24) is 0 Å². The van der Waals surface area contributed by atoms with Gasteiger partial charge in [-0.3, -0.25) is 4.79 Å². The topological polar surface area (TPSA) is 26.3 Å². The van der Waals surface area contributed by atoms with E-state index in [0.717, 1.165) is 29.3 Å². The van der Waals surface area contributed by atoms with E-state index in [2.05, 4.69) is 0 Å². The molecule has 0 saturated heterocycles. The van der Waals surface area contributed by atoms with Crippen molar-refractivity contribution in [3.05, 3.63) is 107 Å². The van der Waals surface area contributed by atoms with Gasteiger partial charge in [-0.2, -0.15) is 0 Å². The highest BCUT2D eigenvalue weighted by molar-refractivity contribution is 6.07. The lowest BCUT2D eigenvalue weighted by molar-refractivity contribution is 0.104. The van der Waals surface area contributed by atoms with E-state index in [4.69, 9.17) is 4.74 Å². The van der Waals surface area contributed by atoms with Gasteiger partial charge in [0.2, 0.25) is 0 Å². The first-order valence-corrected chi connectivity index (χ1v) is 8.07. The van der Waals surface area contributed by atoms with Crippen LogP contribution in [0, 0.1) is 11.6 Å². The molecule has 3 aromatic carbocycles. The summed E-state index contributed by atoms with van der Waals surface area (Å²) in [6, 6.07) is 20.2. The second-order valence-corrected chi connectivity index (χ2v) is 5.64. The standard InChI is InChI=1S/C22H16F2O2/c23-19-7-4-8-20(24)22(19)21(25)14-11-16-9-12-18(13-10-16)26-15-17-5-2-1-3-6-17/h1-14H,15H2. The molecule has 0 N–H and O–H groups in total. The summed E-state index contributed by atoms with van der Waals surface area (Å²) >= 11 is 0. The number of carbonyl (C=O) groups excluding carboxylic acids is 1. The number of hydrogen-bond acceptors (Lipinski definition) is 2. The van der Waals surface area contributed by atoms with Crippen LogP contribution in [0.3, 0.4) is 0 Å². The van der Waals surface area contributed by atoms with Gasteiger partial charge >= 0.3 is 0 Å². The van der Waals surface area contributed by atoms with E-state index in [9.17, 15) is 13.6 Å². The van der Waals surface area contributed by atoms with Crippen molar-refractivity contribution in [3.8, 4) is 5.75 Å². The number of benzene rings is 3. The van der Waals surface area contributed by atoms with Crippen molar-refractivity contribution in [2.75, 3.05) is 0 Å². The number of ketones is 1. The molecule has 26 heavy (non-hydrogen) atoms. The molecule has 0 bridgehead atoms. The van der Waals surface area contributed by atoms with Gasteiger partial charge in [0, 0.05) is 0 Å². The summed E-state index contributed by atoms with van der Waals surface area (Å²) in [5.41, 5.74) is 1.24. The first kappa shape index (κ1) is 17.5. The van der Waals surface area contributed by atoms with Crippen LogP contribution in [0.25, 0.3) is 6.08 Å². The number of hydrogen-bond donors (Lipinski definition) is 0. The van der Waals surface area contributed by atoms with Gasteiger partial charge in [0.15, 0.2) is 5.78 Å². The molecule has 0 aliphatic carbocycles. The van der Waals surface area contributed by atoms with Gasteiger partial charge < -0.3 is 4.74 Å². The Bertz CT molecular complexity index is 896. The lowest BCUT2D eigenvalue weighted by Crippen LogP contribution is -2.02. The van der Waals surface area contributed by atoms with Crippen LogP contribution in [-0.4, -0.2) is 5.78 Å². The molecule has 0 heterocycles. The van der Waals surface area contributed by atoms with Crippen LogP contribution < -0.4 is 4.74 Å². The van der Waals surface area contributed by atoms with Crippen LogP contribution in [0.1, 0.15) is 21.5 Å². The molecule has 0 spiro atoms. The number of halogens is 2. The van der Waals surface area contributed by atoms with Crippen molar-refractivity contribution < 1.29 is 18.3 Å². The SMILES string of the molecule is O=C(C=Cc1ccc(OCc2ccccc2)cc1)c1c(F)cccc1F. The fraction of sp³-hybridized carbons (Fsp3) is 0.0455. The Hall–Kier alpha value is -3.27. The van der Waals surface area contributed by atoms with Crippen molar-refractivity contribution >= 4 is 11.9 Å². The fourth-order valence-electron chi connectivity index (χ4n) is 2.40. The van der Waals surface area contributed by atoms with Gasteiger partial charge in [-0.15, -0.1) is 0 Å². The second kappa shape index (κ2) is 8.21. The van der Waals surface area contributed by atoms with Gasteiger partial charge in [0.25, 0.3) is 0 Å². The summed E-state index contributed by atoms with van der Waals surface area (Å²) in [7, 11) is 0. The zero-order chi connectivity index (χ0) is 18.4. The molecular formula is C22H16F2O2. The number of allylic oxidation sites excluding steroid dienone is 1. The van der Waals surface area contributed by atoms with Crippen molar-refractivity contribution in [3.63, 3.8) is 0 Å². The predicted molar refractivity (Wildman–Crippen MR) is 96.9 cm³/mol. The third-order valence-electron chi connectivity index (χ3n) is 3.76. The molecule has 0 aromatic heterocycles. The minimum atomic E-state index is -0.871. The highest BCUT2D eigenvalue weighted by Crippen LogP contribution is 2.17. The van der Waals surface area contributed by atoms with Crippen LogP contribution in [0.4, 0.5) is 8.78 Å². The Morgan fingerprint density at radius 2 is 1.50 bits per heavy atom. The van der Waals surface area contributed by atoms with E-state index >= 15 is 0 Å². The Balaban J connectivity index is 1.63. The molecule has 0 saturated carbocycles. The summed E-state index contributed by atoms with van der Waals surface area (Å²) in [5, 5.41) is 0. The summed E-state index contributed by atoms with van der Waals surface area (Å²) in [6.45, 7) is 0.459. The summed E-state index contributed by atoms with van der Waals surface area (Å²) in [4.78, 5) is 12.0. The number of rotatable bonds is 6. The first-order valence-electron chi connectivity index (χ1n) is 8.07. The van der Waals surface area contributed by atoms with E-state index in [1.54, 1.807) is 24.3 Å². The van der Waals surface area contributed by atoms with Gasteiger partial charge in [-0.1, -0.05) is 54.6 Å². The molecule has 4 heteroatoms. The summed E-state index contributed by atoms with van der Waals surface area (Å²) in [5.74, 6) is -1.77.